The second-order valence-corrected chi connectivity index (χ2v) is 5.21. The van der Waals surface area contributed by atoms with E-state index < -0.39 is 0 Å². The molecule has 0 saturated heterocycles. The molecule has 2 heterocycles. The lowest BCUT2D eigenvalue weighted by molar-refractivity contribution is -0.124. The summed E-state index contributed by atoms with van der Waals surface area (Å²) in [5.74, 6) is 1.29. The van der Waals surface area contributed by atoms with Crippen LogP contribution in [0.25, 0.3) is 11.0 Å². The molecule has 0 spiro atoms. The monoisotopic (exact) mass is 313 g/mol. The Morgan fingerprint density at radius 3 is 2.87 bits per heavy atom. The van der Waals surface area contributed by atoms with Crippen molar-refractivity contribution in [3.8, 4) is 0 Å². The van der Waals surface area contributed by atoms with Gasteiger partial charge in [0.05, 0.1) is 17.6 Å². The highest BCUT2D eigenvalue weighted by Crippen LogP contribution is 2.24. The number of aromatic nitrogens is 6. The van der Waals surface area contributed by atoms with Crippen molar-refractivity contribution in [3.05, 3.63) is 35.9 Å². The minimum atomic E-state index is -0.316. The van der Waals surface area contributed by atoms with Crippen molar-refractivity contribution in [2.75, 3.05) is 0 Å². The molecule has 1 unspecified atom stereocenters. The fraction of sp³-hybridized carbons (Fsp3) is 0.400. The Balaban J connectivity index is 1.89. The maximum absolute atomic E-state index is 12.6. The number of nitrogens with zero attached hydrogens (tertiary/aromatic N) is 5. The Morgan fingerprint density at radius 2 is 2.17 bits per heavy atom. The molecule has 8 nitrogen and oxygen atoms in total. The third-order valence-electron chi connectivity index (χ3n) is 3.80. The van der Waals surface area contributed by atoms with Gasteiger partial charge in [0.15, 0.2) is 5.82 Å². The minimum Gasteiger partial charge on any atom is -0.347 e. The van der Waals surface area contributed by atoms with Gasteiger partial charge in [-0.25, -0.2) is 4.98 Å². The normalized spacial score (nSPS) is 12.4. The lowest BCUT2D eigenvalue weighted by atomic mass is 10.2. The Kier molecular flexibility index (Phi) is 4.31. The van der Waals surface area contributed by atoms with E-state index in [0.717, 1.165) is 23.3 Å². The summed E-state index contributed by atoms with van der Waals surface area (Å²) in [5.41, 5.74) is 1.89. The fourth-order valence-corrected chi connectivity index (χ4v) is 2.72. The van der Waals surface area contributed by atoms with E-state index in [1.165, 1.54) is 0 Å². The first-order chi connectivity index (χ1) is 11.2. The minimum absolute atomic E-state index is 0.0739. The molecule has 1 aromatic carbocycles. The predicted molar refractivity (Wildman–Crippen MR) is 84.5 cm³/mol. The zero-order valence-electron chi connectivity index (χ0n) is 13.2. The molecule has 0 saturated carbocycles. The summed E-state index contributed by atoms with van der Waals surface area (Å²) in [6.07, 6.45) is 1.44. The van der Waals surface area contributed by atoms with Crippen LogP contribution in [-0.4, -0.2) is 36.1 Å². The van der Waals surface area contributed by atoms with E-state index in [1.807, 2.05) is 42.7 Å². The highest BCUT2D eigenvalue weighted by molar-refractivity contribution is 5.84. The molecular weight excluding hydrogens is 294 g/mol. The summed E-state index contributed by atoms with van der Waals surface area (Å²) in [5, 5.41) is 16.4. The first kappa shape index (κ1) is 15.1. The number of fused-ring (bicyclic) bond motifs is 1. The van der Waals surface area contributed by atoms with Gasteiger partial charge < -0.3 is 9.88 Å². The number of H-pyrrole nitrogens is 1. The van der Waals surface area contributed by atoms with Crippen LogP contribution in [0, 0.1) is 0 Å². The average molecular weight is 313 g/mol. The lowest BCUT2D eigenvalue weighted by Crippen LogP contribution is -2.33. The SMILES string of the molecule is CCc1nc2ccccc2n1C(CC)C(=O)NCc1nn[nH]n1. The molecule has 0 fully saturated rings. The molecule has 120 valence electrons. The topological polar surface area (TPSA) is 101 Å². The van der Waals surface area contributed by atoms with E-state index in [9.17, 15) is 4.79 Å². The number of imidazole rings is 1. The van der Waals surface area contributed by atoms with E-state index >= 15 is 0 Å². The van der Waals surface area contributed by atoms with E-state index in [-0.39, 0.29) is 18.5 Å². The van der Waals surface area contributed by atoms with Gasteiger partial charge in [-0.15, -0.1) is 10.2 Å². The number of carbonyl (C=O) groups excluding carboxylic acids is 1. The van der Waals surface area contributed by atoms with Crippen LogP contribution in [0.2, 0.25) is 0 Å². The van der Waals surface area contributed by atoms with Gasteiger partial charge in [0.1, 0.15) is 11.9 Å². The number of rotatable bonds is 6. The summed E-state index contributed by atoms with van der Waals surface area (Å²) >= 11 is 0. The number of hydrogen-bond donors (Lipinski definition) is 2. The molecule has 8 heteroatoms. The van der Waals surface area contributed by atoms with Crippen LogP contribution in [0.15, 0.2) is 24.3 Å². The average Bonchev–Trinajstić information content (AvgIpc) is 3.21. The number of para-hydroxylation sites is 2. The van der Waals surface area contributed by atoms with Crippen LogP contribution in [0.4, 0.5) is 0 Å². The smallest absolute Gasteiger partial charge is 0.243 e. The first-order valence-corrected chi connectivity index (χ1v) is 7.70. The fourth-order valence-electron chi connectivity index (χ4n) is 2.72. The molecule has 2 N–H and O–H groups in total. The third-order valence-corrected chi connectivity index (χ3v) is 3.80. The molecule has 3 rings (SSSR count). The number of aromatic amines is 1. The van der Waals surface area contributed by atoms with Gasteiger partial charge in [0.2, 0.25) is 5.91 Å². The number of benzene rings is 1. The quantitative estimate of drug-likeness (QED) is 0.716. The van der Waals surface area contributed by atoms with Crippen LogP contribution in [0.1, 0.15) is 38.0 Å². The number of nitrogens with one attached hydrogen (secondary N) is 2. The summed E-state index contributed by atoms with van der Waals surface area (Å²) in [6, 6.07) is 7.57. The number of aryl methyl sites for hydroxylation is 1. The van der Waals surface area contributed by atoms with Crippen LogP contribution >= 0.6 is 0 Å². The van der Waals surface area contributed by atoms with Crippen molar-refractivity contribution in [1.29, 1.82) is 0 Å². The van der Waals surface area contributed by atoms with Gasteiger partial charge in [0, 0.05) is 6.42 Å². The molecule has 3 aromatic rings. The number of hydrogen-bond acceptors (Lipinski definition) is 5. The van der Waals surface area contributed by atoms with Gasteiger partial charge in [-0.3, -0.25) is 4.79 Å². The van der Waals surface area contributed by atoms with Crippen LogP contribution in [0.3, 0.4) is 0 Å². The highest BCUT2D eigenvalue weighted by atomic mass is 16.2. The van der Waals surface area contributed by atoms with E-state index in [4.69, 9.17) is 0 Å². The molecular formula is C15H19N7O. The summed E-state index contributed by atoms with van der Waals surface area (Å²) < 4.78 is 2.03. The highest BCUT2D eigenvalue weighted by Gasteiger charge is 2.23. The van der Waals surface area contributed by atoms with Crippen molar-refractivity contribution < 1.29 is 4.79 Å². The lowest BCUT2D eigenvalue weighted by Gasteiger charge is -2.19. The van der Waals surface area contributed by atoms with Crippen LogP contribution < -0.4 is 5.32 Å². The number of carbonyl (C=O) groups is 1. The van der Waals surface area contributed by atoms with E-state index in [0.29, 0.717) is 12.2 Å². The number of amides is 1. The maximum atomic E-state index is 12.6. The van der Waals surface area contributed by atoms with Gasteiger partial charge >= 0.3 is 0 Å². The Hall–Kier alpha value is -2.77. The molecule has 1 atom stereocenters. The molecule has 2 aromatic heterocycles. The molecule has 0 aliphatic heterocycles. The summed E-state index contributed by atoms with van der Waals surface area (Å²) in [7, 11) is 0. The van der Waals surface area contributed by atoms with Crippen molar-refractivity contribution in [3.63, 3.8) is 0 Å². The molecule has 23 heavy (non-hydrogen) atoms. The van der Waals surface area contributed by atoms with Crippen molar-refractivity contribution in [1.82, 2.24) is 35.5 Å². The van der Waals surface area contributed by atoms with Gasteiger partial charge in [0.25, 0.3) is 0 Å². The second kappa shape index (κ2) is 6.55. The largest absolute Gasteiger partial charge is 0.347 e. The molecule has 0 bridgehead atoms. The van der Waals surface area contributed by atoms with Crippen LogP contribution in [0.5, 0.6) is 0 Å². The standard InChI is InChI=1S/C15H19N7O/c1-3-11(15(23)16-9-13-18-20-21-19-13)22-12-8-6-5-7-10(12)17-14(22)4-2/h5-8,11H,3-4,9H2,1-2H3,(H,16,23)(H,18,19,20,21). The Bertz CT molecular complexity index is 793. The zero-order valence-corrected chi connectivity index (χ0v) is 13.2. The Morgan fingerprint density at radius 1 is 1.35 bits per heavy atom. The van der Waals surface area contributed by atoms with Crippen molar-refractivity contribution in [2.24, 2.45) is 0 Å². The van der Waals surface area contributed by atoms with Gasteiger partial charge in [-0.05, 0) is 18.6 Å². The van der Waals surface area contributed by atoms with E-state index in [2.05, 4.69) is 30.9 Å². The molecule has 1 amide bonds. The van der Waals surface area contributed by atoms with Crippen molar-refractivity contribution in [2.45, 2.75) is 39.3 Å². The van der Waals surface area contributed by atoms with Gasteiger partial charge in [-0.2, -0.15) is 5.21 Å². The zero-order chi connectivity index (χ0) is 16.2. The molecule has 0 aliphatic carbocycles. The summed E-state index contributed by atoms with van der Waals surface area (Å²) in [4.78, 5) is 17.3. The summed E-state index contributed by atoms with van der Waals surface area (Å²) in [6.45, 7) is 4.29. The second-order valence-electron chi connectivity index (χ2n) is 5.21. The number of tetrazole rings is 1. The predicted octanol–water partition coefficient (Wildman–Crippen LogP) is 1.38. The maximum Gasteiger partial charge on any atom is 0.243 e. The van der Waals surface area contributed by atoms with Crippen molar-refractivity contribution >= 4 is 16.9 Å². The molecule has 0 radical (unpaired) electrons. The molecule has 0 aliphatic rings. The van der Waals surface area contributed by atoms with Gasteiger partial charge in [-0.1, -0.05) is 31.2 Å². The Labute approximate surface area is 133 Å². The van der Waals surface area contributed by atoms with E-state index in [1.54, 1.807) is 0 Å². The third kappa shape index (κ3) is 2.92. The first-order valence-electron chi connectivity index (χ1n) is 7.70. The van der Waals surface area contributed by atoms with Crippen LogP contribution in [-0.2, 0) is 17.8 Å².